The van der Waals surface area contributed by atoms with Crippen LogP contribution in [-0.2, 0) is 4.79 Å². The number of rotatable bonds is 11. The summed E-state index contributed by atoms with van der Waals surface area (Å²) in [6, 6.07) is -0.253. The molecule has 0 aromatic carbocycles. The highest BCUT2D eigenvalue weighted by Gasteiger charge is 2.29. The molecule has 2 N–H and O–H groups in total. The molecule has 21 heavy (non-hydrogen) atoms. The Kier molecular flexibility index (Phi) is 9.73. The topological polar surface area (TPSA) is 46.3 Å². The lowest BCUT2D eigenvalue weighted by Crippen LogP contribution is -2.51. The number of nitrogens with zero attached hydrogens (tertiary/aromatic N) is 1. The molecule has 1 aliphatic rings. The molecule has 0 aromatic heterocycles. The van der Waals surface area contributed by atoms with Crippen LogP contribution in [0, 0.1) is 5.92 Å². The van der Waals surface area contributed by atoms with Crippen molar-refractivity contribution in [3.63, 3.8) is 0 Å². The fourth-order valence-corrected chi connectivity index (χ4v) is 3.30. The van der Waals surface area contributed by atoms with Crippen LogP contribution in [0.1, 0.15) is 84.5 Å². The standard InChI is InChI=1S/C18H36N2O/c1-3-4-5-6-7-8-9-10-11-12-13-20-15-16(2)14-17(19)18(20)21/h16-17H,3-15,19H2,1-2H3/t16?,17-/m0/s1. The summed E-state index contributed by atoms with van der Waals surface area (Å²) in [5.74, 6) is 0.727. The van der Waals surface area contributed by atoms with Gasteiger partial charge in [0.25, 0.3) is 0 Å². The normalized spacial score (nSPS) is 22.8. The second-order valence-corrected chi connectivity index (χ2v) is 6.91. The van der Waals surface area contributed by atoms with Crippen molar-refractivity contribution in [2.75, 3.05) is 13.1 Å². The van der Waals surface area contributed by atoms with Gasteiger partial charge in [-0.1, -0.05) is 71.6 Å². The molecule has 1 amide bonds. The van der Waals surface area contributed by atoms with Gasteiger partial charge in [0.05, 0.1) is 6.04 Å². The quantitative estimate of drug-likeness (QED) is 0.583. The minimum absolute atomic E-state index is 0.170. The van der Waals surface area contributed by atoms with Crippen molar-refractivity contribution in [1.29, 1.82) is 0 Å². The molecule has 1 aliphatic heterocycles. The van der Waals surface area contributed by atoms with E-state index in [1.807, 2.05) is 4.90 Å². The molecule has 2 atom stereocenters. The SMILES string of the molecule is CCCCCCCCCCCCN1CC(C)C[C@H](N)C1=O. The van der Waals surface area contributed by atoms with E-state index in [9.17, 15) is 4.79 Å². The minimum Gasteiger partial charge on any atom is -0.341 e. The average molecular weight is 296 g/mol. The van der Waals surface area contributed by atoms with Crippen molar-refractivity contribution in [2.45, 2.75) is 90.5 Å². The lowest BCUT2D eigenvalue weighted by atomic mass is 9.95. The molecule has 1 heterocycles. The van der Waals surface area contributed by atoms with Gasteiger partial charge in [-0.25, -0.2) is 0 Å². The molecule has 1 unspecified atom stereocenters. The number of unbranched alkanes of at least 4 members (excludes halogenated alkanes) is 9. The van der Waals surface area contributed by atoms with Crippen LogP contribution in [-0.4, -0.2) is 29.9 Å². The van der Waals surface area contributed by atoms with Crippen LogP contribution in [0.15, 0.2) is 0 Å². The van der Waals surface area contributed by atoms with Gasteiger partial charge in [-0.05, 0) is 18.8 Å². The summed E-state index contributed by atoms with van der Waals surface area (Å²) in [4.78, 5) is 14.0. The highest BCUT2D eigenvalue weighted by atomic mass is 16.2. The predicted molar refractivity (Wildman–Crippen MR) is 90.2 cm³/mol. The van der Waals surface area contributed by atoms with E-state index in [1.54, 1.807) is 0 Å². The number of carbonyl (C=O) groups is 1. The highest BCUT2D eigenvalue weighted by Crippen LogP contribution is 2.17. The van der Waals surface area contributed by atoms with E-state index < -0.39 is 0 Å². The van der Waals surface area contributed by atoms with Crippen molar-refractivity contribution in [1.82, 2.24) is 4.90 Å². The maximum atomic E-state index is 12.0. The summed E-state index contributed by atoms with van der Waals surface area (Å²) < 4.78 is 0. The molecule has 0 spiro atoms. The summed E-state index contributed by atoms with van der Waals surface area (Å²) in [7, 11) is 0. The Hall–Kier alpha value is -0.570. The third-order valence-corrected chi connectivity index (χ3v) is 4.60. The number of nitrogens with two attached hydrogens (primary N) is 1. The Balaban J connectivity index is 1.95. The number of carbonyl (C=O) groups excluding carboxylic acids is 1. The molecule has 0 saturated carbocycles. The molecule has 3 heteroatoms. The smallest absolute Gasteiger partial charge is 0.239 e. The van der Waals surface area contributed by atoms with Gasteiger partial charge in [0.2, 0.25) is 5.91 Å². The molecule has 0 aromatic rings. The summed E-state index contributed by atoms with van der Waals surface area (Å²) in [6.45, 7) is 6.27. The van der Waals surface area contributed by atoms with Crippen LogP contribution in [0.2, 0.25) is 0 Å². The molecule has 1 rings (SSSR count). The summed E-state index contributed by atoms with van der Waals surface area (Å²) in [5, 5.41) is 0. The zero-order chi connectivity index (χ0) is 15.5. The second kappa shape index (κ2) is 11.1. The van der Waals surface area contributed by atoms with E-state index in [-0.39, 0.29) is 11.9 Å². The summed E-state index contributed by atoms with van der Waals surface area (Å²) in [6.07, 6.45) is 14.2. The van der Waals surface area contributed by atoms with E-state index in [0.29, 0.717) is 5.92 Å². The minimum atomic E-state index is -0.253. The van der Waals surface area contributed by atoms with E-state index in [2.05, 4.69) is 13.8 Å². The van der Waals surface area contributed by atoms with Crippen molar-refractivity contribution < 1.29 is 4.79 Å². The van der Waals surface area contributed by atoms with Gasteiger partial charge in [-0.15, -0.1) is 0 Å². The van der Waals surface area contributed by atoms with Gasteiger partial charge < -0.3 is 10.6 Å². The van der Waals surface area contributed by atoms with Crippen LogP contribution >= 0.6 is 0 Å². The van der Waals surface area contributed by atoms with Crippen LogP contribution < -0.4 is 5.73 Å². The largest absolute Gasteiger partial charge is 0.341 e. The zero-order valence-electron chi connectivity index (χ0n) is 14.3. The molecule has 0 bridgehead atoms. The number of hydrogen-bond acceptors (Lipinski definition) is 2. The zero-order valence-corrected chi connectivity index (χ0v) is 14.3. The van der Waals surface area contributed by atoms with Crippen molar-refractivity contribution in [2.24, 2.45) is 11.7 Å². The highest BCUT2D eigenvalue weighted by molar-refractivity contribution is 5.82. The second-order valence-electron chi connectivity index (χ2n) is 6.91. The van der Waals surface area contributed by atoms with Crippen molar-refractivity contribution in [3.05, 3.63) is 0 Å². The van der Waals surface area contributed by atoms with Crippen LogP contribution in [0.4, 0.5) is 0 Å². The van der Waals surface area contributed by atoms with Gasteiger partial charge in [-0.2, -0.15) is 0 Å². The van der Waals surface area contributed by atoms with Gasteiger partial charge in [0.1, 0.15) is 0 Å². The first-order valence-electron chi connectivity index (χ1n) is 9.19. The molecule has 1 fully saturated rings. The van der Waals surface area contributed by atoms with Crippen molar-refractivity contribution >= 4 is 5.91 Å². The molecule has 3 nitrogen and oxygen atoms in total. The van der Waals surface area contributed by atoms with Gasteiger partial charge in [0, 0.05) is 13.1 Å². The fourth-order valence-electron chi connectivity index (χ4n) is 3.30. The fraction of sp³-hybridized carbons (Fsp3) is 0.944. The first-order valence-corrected chi connectivity index (χ1v) is 9.19. The Labute approximate surface area is 131 Å². The molecular formula is C18H36N2O. The van der Waals surface area contributed by atoms with E-state index in [1.165, 1.54) is 57.8 Å². The van der Waals surface area contributed by atoms with E-state index >= 15 is 0 Å². The van der Waals surface area contributed by atoms with Crippen LogP contribution in [0.3, 0.4) is 0 Å². The molecular weight excluding hydrogens is 260 g/mol. The van der Waals surface area contributed by atoms with E-state index in [4.69, 9.17) is 5.73 Å². The Morgan fingerprint density at radius 3 is 2.10 bits per heavy atom. The Morgan fingerprint density at radius 2 is 1.52 bits per heavy atom. The Morgan fingerprint density at radius 1 is 1.00 bits per heavy atom. The molecule has 1 saturated heterocycles. The van der Waals surface area contributed by atoms with Crippen molar-refractivity contribution in [3.8, 4) is 0 Å². The lowest BCUT2D eigenvalue weighted by Gasteiger charge is -2.34. The molecule has 0 radical (unpaired) electrons. The number of likely N-dealkylation sites (tertiary alicyclic amines) is 1. The predicted octanol–water partition coefficient (Wildman–Crippen LogP) is 4.10. The first kappa shape index (κ1) is 18.5. The Bertz CT molecular complexity index is 280. The number of amides is 1. The maximum Gasteiger partial charge on any atom is 0.239 e. The first-order chi connectivity index (χ1) is 10.1. The van der Waals surface area contributed by atoms with E-state index in [0.717, 1.165) is 25.9 Å². The third-order valence-electron chi connectivity index (χ3n) is 4.60. The monoisotopic (exact) mass is 296 g/mol. The van der Waals surface area contributed by atoms with Gasteiger partial charge >= 0.3 is 0 Å². The average Bonchev–Trinajstić information content (AvgIpc) is 2.45. The lowest BCUT2D eigenvalue weighted by molar-refractivity contribution is -0.136. The molecule has 124 valence electrons. The molecule has 0 aliphatic carbocycles. The number of piperidine rings is 1. The number of hydrogen-bond donors (Lipinski definition) is 1. The summed E-state index contributed by atoms with van der Waals surface area (Å²) >= 11 is 0. The van der Waals surface area contributed by atoms with Crippen LogP contribution in [0.25, 0.3) is 0 Å². The van der Waals surface area contributed by atoms with Crippen LogP contribution in [0.5, 0.6) is 0 Å². The summed E-state index contributed by atoms with van der Waals surface area (Å²) in [5.41, 5.74) is 5.89. The third kappa shape index (κ3) is 7.85. The maximum absolute atomic E-state index is 12.0. The van der Waals surface area contributed by atoms with Gasteiger partial charge in [0.15, 0.2) is 0 Å². The van der Waals surface area contributed by atoms with Gasteiger partial charge in [-0.3, -0.25) is 4.79 Å².